The molecule has 3 rings (SSSR count). The molecule has 1 fully saturated rings. The molecule has 20 nitrogen and oxygen atoms in total. The average Bonchev–Trinajstić information content (AvgIpc) is 3.60. The van der Waals surface area contributed by atoms with Crippen LogP contribution in [0.2, 0.25) is 5.15 Å². The molecule has 2 aromatic heterocycles. The van der Waals surface area contributed by atoms with Gasteiger partial charge in [0.15, 0.2) is 12.0 Å². The number of nitrogens with two attached hydrogens (primary N) is 2. The number of aliphatic carboxylic acids is 1. The van der Waals surface area contributed by atoms with Crippen molar-refractivity contribution in [2.45, 2.75) is 68.2 Å². The smallest absolute Gasteiger partial charge is 0.404 e. The van der Waals surface area contributed by atoms with E-state index in [2.05, 4.69) is 45.9 Å². The molecular formula is C24H35ClN10O10. The molecule has 1 saturated heterocycles. The summed E-state index contributed by atoms with van der Waals surface area (Å²) in [6.07, 6.45) is -3.23. The van der Waals surface area contributed by atoms with Gasteiger partial charge < -0.3 is 67.9 Å². The summed E-state index contributed by atoms with van der Waals surface area (Å²) < 4.78 is 4.56. The summed E-state index contributed by atoms with van der Waals surface area (Å²) in [5, 5.41) is 50.7. The van der Waals surface area contributed by atoms with Crippen molar-refractivity contribution in [3.8, 4) is 0 Å². The molecule has 3 heterocycles. The molecule has 0 bridgehead atoms. The van der Waals surface area contributed by atoms with E-state index in [0.29, 0.717) is 19.4 Å². The second-order valence-electron chi connectivity index (χ2n) is 10.2. The number of hydrogen-bond donors (Lipinski definition) is 12. The lowest BCUT2D eigenvalue weighted by Crippen LogP contribution is -2.61. The number of nitrogens with zero attached hydrogens (tertiary/aromatic N) is 2. The van der Waals surface area contributed by atoms with Gasteiger partial charge in [-0.25, -0.2) is 19.6 Å². The summed E-state index contributed by atoms with van der Waals surface area (Å²) in [4.78, 5) is 75.6. The Morgan fingerprint density at radius 3 is 2.36 bits per heavy atom. The summed E-state index contributed by atoms with van der Waals surface area (Å²) in [6, 6.07) is -6.18. The van der Waals surface area contributed by atoms with Crippen molar-refractivity contribution in [2.24, 2.45) is 5.73 Å². The SMILES string of the molecule is NC(=O)OC[C@@H](O)C[C@@H](NC(=O)[C@@H]1NCCC[C@@H]1O)C(=O)N[C@H](Cc1cnc(N)[nH]1)C(=O)N[C@@H](C(=O)O)[C@@H](O)c1ncc(Cl)[nH]1. The highest BCUT2D eigenvalue weighted by molar-refractivity contribution is 6.29. The van der Waals surface area contributed by atoms with Crippen LogP contribution in [0.4, 0.5) is 10.7 Å². The number of nitrogen functional groups attached to an aromatic ring is 1. The fourth-order valence-electron chi connectivity index (χ4n) is 4.48. The maximum absolute atomic E-state index is 13.5. The number of carboxylic acid groups (broad SMARTS) is 1. The molecule has 2 aromatic rings. The third kappa shape index (κ3) is 10.3. The van der Waals surface area contributed by atoms with E-state index in [-0.39, 0.29) is 29.0 Å². The molecule has 248 valence electrons. The van der Waals surface area contributed by atoms with E-state index in [1.165, 1.54) is 6.20 Å². The molecule has 0 saturated carbocycles. The molecular weight excluding hydrogens is 624 g/mol. The van der Waals surface area contributed by atoms with Crippen LogP contribution in [0.1, 0.15) is 36.9 Å². The summed E-state index contributed by atoms with van der Waals surface area (Å²) in [5.41, 5.74) is 10.8. The van der Waals surface area contributed by atoms with Crippen molar-refractivity contribution in [1.82, 2.24) is 41.2 Å². The third-order valence-corrected chi connectivity index (χ3v) is 6.89. The van der Waals surface area contributed by atoms with E-state index >= 15 is 0 Å². The van der Waals surface area contributed by atoms with Gasteiger partial charge in [0.05, 0.1) is 24.6 Å². The molecule has 0 unspecified atom stereocenters. The fourth-order valence-corrected chi connectivity index (χ4v) is 4.63. The van der Waals surface area contributed by atoms with E-state index in [4.69, 9.17) is 23.1 Å². The molecule has 1 aliphatic heterocycles. The van der Waals surface area contributed by atoms with Gasteiger partial charge in [0.2, 0.25) is 17.7 Å². The highest BCUT2D eigenvalue weighted by atomic mass is 35.5. The zero-order chi connectivity index (χ0) is 33.3. The number of halogens is 1. The zero-order valence-corrected chi connectivity index (χ0v) is 24.4. The van der Waals surface area contributed by atoms with Crippen molar-refractivity contribution < 1.29 is 49.1 Å². The van der Waals surface area contributed by atoms with Gasteiger partial charge in [0.1, 0.15) is 41.8 Å². The number of nitrogens with one attached hydrogen (secondary N) is 6. The van der Waals surface area contributed by atoms with E-state index in [1.807, 2.05) is 0 Å². The van der Waals surface area contributed by atoms with Crippen LogP contribution in [-0.2, 0) is 30.3 Å². The fraction of sp³-hybridized carbons (Fsp3) is 0.542. The lowest BCUT2D eigenvalue weighted by molar-refractivity contribution is -0.146. The molecule has 0 spiro atoms. The number of H-pyrrole nitrogens is 2. The van der Waals surface area contributed by atoms with Gasteiger partial charge in [-0.2, -0.15) is 0 Å². The molecule has 21 heteroatoms. The summed E-state index contributed by atoms with van der Waals surface area (Å²) in [6.45, 7) is -0.219. The predicted molar refractivity (Wildman–Crippen MR) is 152 cm³/mol. The van der Waals surface area contributed by atoms with Crippen molar-refractivity contribution in [3.05, 3.63) is 29.1 Å². The van der Waals surface area contributed by atoms with Crippen molar-refractivity contribution in [3.63, 3.8) is 0 Å². The Morgan fingerprint density at radius 2 is 1.78 bits per heavy atom. The quantitative estimate of drug-likeness (QED) is 0.0871. The van der Waals surface area contributed by atoms with Crippen LogP contribution in [0.5, 0.6) is 0 Å². The third-order valence-electron chi connectivity index (χ3n) is 6.70. The van der Waals surface area contributed by atoms with Crippen LogP contribution < -0.4 is 32.7 Å². The number of anilines is 1. The average molecular weight is 659 g/mol. The second kappa shape index (κ2) is 16.0. The van der Waals surface area contributed by atoms with Crippen LogP contribution in [0.3, 0.4) is 0 Å². The van der Waals surface area contributed by atoms with Crippen molar-refractivity contribution >= 4 is 47.3 Å². The second-order valence-corrected chi connectivity index (χ2v) is 10.6. The van der Waals surface area contributed by atoms with E-state index in [0.717, 1.165) is 6.20 Å². The number of piperidine rings is 1. The van der Waals surface area contributed by atoms with Crippen LogP contribution in [0.25, 0.3) is 0 Å². The first-order chi connectivity index (χ1) is 21.2. The summed E-state index contributed by atoms with van der Waals surface area (Å²) in [7, 11) is 0. The highest BCUT2D eigenvalue weighted by Gasteiger charge is 2.37. The van der Waals surface area contributed by atoms with Gasteiger partial charge in [0, 0.05) is 18.5 Å². The van der Waals surface area contributed by atoms with Gasteiger partial charge in [-0.15, -0.1) is 0 Å². The Labute approximate surface area is 259 Å². The molecule has 0 aromatic carbocycles. The lowest BCUT2D eigenvalue weighted by Gasteiger charge is -2.30. The molecule has 4 amide bonds. The highest BCUT2D eigenvalue weighted by Crippen LogP contribution is 2.17. The van der Waals surface area contributed by atoms with Gasteiger partial charge in [-0.05, 0) is 19.4 Å². The summed E-state index contributed by atoms with van der Waals surface area (Å²) >= 11 is 5.76. The van der Waals surface area contributed by atoms with Crippen LogP contribution in [-0.4, -0.2) is 120 Å². The van der Waals surface area contributed by atoms with E-state index < -0.39 is 85.3 Å². The molecule has 0 aliphatic carbocycles. The minimum absolute atomic E-state index is 0.00561. The molecule has 14 N–H and O–H groups in total. The monoisotopic (exact) mass is 658 g/mol. The Kier molecular flexibility index (Phi) is 12.4. The number of aliphatic hydroxyl groups is 3. The van der Waals surface area contributed by atoms with Crippen molar-refractivity contribution in [2.75, 3.05) is 18.9 Å². The zero-order valence-electron chi connectivity index (χ0n) is 23.6. The number of ether oxygens (including phenoxy) is 1. The van der Waals surface area contributed by atoms with Gasteiger partial charge in [-0.3, -0.25) is 14.4 Å². The number of hydrogen-bond acceptors (Lipinski definition) is 13. The van der Waals surface area contributed by atoms with Gasteiger partial charge in [0.25, 0.3) is 0 Å². The number of carboxylic acids is 1. The standard InChI is InChI=1S/C24H35ClN10O10/c25-14-7-29-18(34-14)17(38)16(22(42)43)35-20(40)11(4-9-6-30-23(26)31-9)32-19(39)12(5-10(36)8-45-24(27)44)33-21(41)15-13(37)2-1-3-28-15/h6-7,10-13,15-17,28,36-38H,1-5,8H2,(H2,27,44)(H,29,34)(H,32,39)(H,33,41)(H,35,40)(H,42,43)(H3,26,30,31)/t10-,11+,12+,13-,15+,16+,17+/m0/s1. The normalized spacial score (nSPS) is 19.7. The Morgan fingerprint density at radius 1 is 1.07 bits per heavy atom. The number of imidazole rings is 2. The molecule has 1 aliphatic rings. The predicted octanol–water partition coefficient (Wildman–Crippen LogP) is -3.86. The number of aromatic nitrogens is 4. The molecule has 7 atom stereocenters. The number of amides is 4. The maximum Gasteiger partial charge on any atom is 0.404 e. The van der Waals surface area contributed by atoms with E-state index in [9.17, 15) is 44.4 Å². The first kappa shape index (κ1) is 35.0. The largest absolute Gasteiger partial charge is 0.480 e. The maximum atomic E-state index is 13.5. The Balaban J connectivity index is 1.84. The van der Waals surface area contributed by atoms with Crippen LogP contribution in [0, 0.1) is 0 Å². The Hall–Kier alpha value is -4.50. The topological polar surface area (TPSA) is 333 Å². The number of rotatable bonds is 15. The molecule has 45 heavy (non-hydrogen) atoms. The number of carbonyl (C=O) groups is 5. The first-order valence-electron chi connectivity index (χ1n) is 13.6. The number of aromatic amines is 2. The summed E-state index contributed by atoms with van der Waals surface area (Å²) in [5.74, 6) is -4.84. The molecule has 0 radical (unpaired) electrons. The van der Waals surface area contributed by atoms with Gasteiger partial charge >= 0.3 is 12.1 Å². The van der Waals surface area contributed by atoms with Gasteiger partial charge in [-0.1, -0.05) is 11.6 Å². The van der Waals surface area contributed by atoms with Crippen molar-refractivity contribution in [1.29, 1.82) is 0 Å². The van der Waals surface area contributed by atoms with Crippen LogP contribution in [0.15, 0.2) is 12.4 Å². The number of aliphatic hydroxyl groups excluding tert-OH is 3. The minimum Gasteiger partial charge on any atom is -0.480 e. The first-order valence-corrected chi connectivity index (χ1v) is 14.0. The van der Waals surface area contributed by atoms with E-state index in [1.54, 1.807) is 0 Å². The number of carbonyl (C=O) groups excluding carboxylic acids is 4. The van der Waals surface area contributed by atoms with Crippen LogP contribution >= 0.6 is 11.6 Å². The minimum atomic E-state index is -1.96. The number of primary amides is 1. The lowest BCUT2D eigenvalue weighted by atomic mass is 9.99. The Bertz CT molecular complexity index is 1360.